The molecule has 2 saturated carbocycles. The number of halogens is 1. The van der Waals surface area contributed by atoms with Crippen molar-refractivity contribution >= 4 is 21.8 Å². The second kappa shape index (κ2) is 3.76. The molecule has 0 aromatic carbocycles. The van der Waals surface area contributed by atoms with Crippen molar-refractivity contribution in [3.05, 3.63) is 0 Å². The van der Waals surface area contributed by atoms with Crippen molar-refractivity contribution in [3.63, 3.8) is 0 Å². The normalized spacial score (nSPS) is 43.9. The van der Waals surface area contributed by atoms with Gasteiger partial charge in [0.2, 0.25) is 5.91 Å². The Morgan fingerprint density at radius 2 is 1.80 bits per heavy atom. The minimum atomic E-state index is 0.422. The van der Waals surface area contributed by atoms with Gasteiger partial charge < -0.3 is 4.90 Å². The lowest BCUT2D eigenvalue weighted by molar-refractivity contribution is -0.132. The zero-order chi connectivity index (χ0) is 10.4. The molecule has 0 bridgehead atoms. The number of fused-ring (bicyclic) bond motifs is 1. The summed E-state index contributed by atoms with van der Waals surface area (Å²) in [5.41, 5.74) is 0. The maximum absolute atomic E-state index is 12.2. The van der Waals surface area contributed by atoms with E-state index in [1.165, 1.54) is 25.7 Å². The van der Waals surface area contributed by atoms with Gasteiger partial charge in [-0.1, -0.05) is 28.8 Å². The highest BCUT2D eigenvalue weighted by Crippen LogP contribution is 2.56. The molecule has 3 aliphatic rings. The monoisotopic (exact) mass is 271 g/mol. The molecule has 0 N–H and O–H groups in total. The van der Waals surface area contributed by atoms with Crippen LogP contribution in [0.2, 0.25) is 0 Å². The molecule has 2 aliphatic carbocycles. The molecule has 15 heavy (non-hydrogen) atoms. The van der Waals surface area contributed by atoms with Gasteiger partial charge in [-0.2, -0.15) is 0 Å². The van der Waals surface area contributed by atoms with Crippen LogP contribution in [0.5, 0.6) is 0 Å². The van der Waals surface area contributed by atoms with Gasteiger partial charge in [0.15, 0.2) is 0 Å². The molecular formula is C12H18BrNO. The lowest BCUT2D eigenvalue weighted by atomic mass is 10.0. The molecule has 3 atom stereocenters. The van der Waals surface area contributed by atoms with E-state index in [0.717, 1.165) is 31.3 Å². The summed E-state index contributed by atoms with van der Waals surface area (Å²) in [5, 5.41) is 0. The predicted molar refractivity (Wildman–Crippen MR) is 62.9 cm³/mol. The van der Waals surface area contributed by atoms with Gasteiger partial charge in [-0.25, -0.2) is 0 Å². The van der Waals surface area contributed by atoms with Crippen molar-refractivity contribution in [2.24, 2.45) is 17.8 Å². The molecule has 3 rings (SSSR count). The summed E-state index contributed by atoms with van der Waals surface area (Å²) >= 11 is 3.60. The highest BCUT2D eigenvalue weighted by atomic mass is 79.9. The Hall–Kier alpha value is -0.0500. The van der Waals surface area contributed by atoms with E-state index in [0.29, 0.717) is 16.7 Å². The van der Waals surface area contributed by atoms with Crippen molar-refractivity contribution in [1.29, 1.82) is 0 Å². The second-order valence-corrected chi connectivity index (χ2v) is 6.60. The van der Waals surface area contributed by atoms with Gasteiger partial charge in [0, 0.05) is 23.8 Å². The number of likely N-dealkylation sites (tertiary alicyclic amines) is 1. The summed E-state index contributed by atoms with van der Waals surface area (Å²) in [6.45, 7) is 1.92. The quantitative estimate of drug-likeness (QED) is 0.671. The summed E-state index contributed by atoms with van der Waals surface area (Å²) in [7, 11) is 0. The van der Waals surface area contributed by atoms with Gasteiger partial charge in [0.1, 0.15) is 0 Å². The fourth-order valence-corrected chi connectivity index (χ4v) is 4.04. The van der Waals surface area contributed by atoms with Crippen molar-refractivity contribution in [1.82, 2.24) is 4.90 Å². The predicted octanol–water partition coefficient (Wildman–Crippen LogP) is 2.42. The SMILES string of the molecule is O=C(C1C2CCCCC21)N1CCC(Br)C1. The van der Waals surface area contributed by atoms with Crippen molar-refractivity contribution in [2.75, 3.05) is 13.1 Å². The van der Waals surface area contributed by atoms with Crippen LogP contribution in [0.4, 0.5) is 0 Å². The Labute approximate surface area is 99.5 Å². The first-order valence-electron chi connectivity index (χ1n) is 6.20. The zero-order valence-electron chi connectivity index (χ0n) is 8.99. The van der Waals surface area contributed by atoms with E-state index >= 15 is 0 Å². The molecule has 2 nitrogen and oxygen atoms in total. The third-order valence-corrected chi connectivity index (χ3v) is 5.13. The van der Waals surface area contributed by atoms with E-state index in [2.05, 4.69) is 20.8 Å². The lowest BCUT2D eigenvalue weighted by Crippen LogP contribution is -2.31. The fourth-order valence-electron chi connectivity index (χ4n) is 3.49. The van der Waals surface area contributed by atoms with Gasteiger partial charge in [-0.15, -0.1) is 0 Å². The topological polar surface area (TPSA) is 20.3 Å². The van der Waals surface area contributed by atoms with Gasteiger partial charge >= 0.3 is 0 Å². The molecule has 0 aromatic heterocycles. The fraction of sp³-hybridized carbons (Fsp3) is 0.917. The van der Waals surface area contributed by atoms with Crippen molar-refractivity contribution in [2.45, 2.75) is 36.9 Å². The van der Waals surface area contributed by atoms with Crippen LogP contribution in [0.3, 0.4) is 0 Å². The number of rotatable bonds is 1. The van der Waals surface area contributed by atoms with Crippen molar-refractivity contribution in [3.8, 4) is 0 Å². The molecule has 1 amide bonds. The Balaban J connectivity index is 1.61. The summed E-state index contributed by atoms with van der Waals surface area (Å²) < 4.78 is 0. The van der Waals surface area contributed by atoms with Gasteiger partial charge in [0.05, 0.1) is 0 Å². The number of nitrogens with zero attached hydrogens (tertiary/aromatic N) is 1. The molecule has 1 aliphatic heterocycles. The third kappa shape index (κ3) is 1.73. The lowest BCUT2D eigenvalue weighted by Gasteiger charge is -2.15. The molecule has 3 fully saturated rings. The van der Waals surface area contributed by atoms with Crippen molar-refractivity contribution < 1.29 is 4.79 Å². The molecule has 1 saturated heterocycles. The number of carbonyl (C=O) groups excluding carboxylic acids is 1. The van der Waals surface area contributed by atoms with Crippen LogP contribution in [0.25, 0.3) is 0 Å². The Morgan fingerprint density at radius 3 is 2.33 bits per heavy atom. The minimum absolute atomic E-state index is 0.422. The van der Waals surface area contributed by atoms with E-state index in [-0.39, 0.29) is 0 Å². The van der Waals surface area contributed by atoms with E-state index in [1.807, 2.05) is 0 Å². The van der Waals surface area contributed by atoms with Crippen LogP contribution in [0.15, 0.2) is 0 Å². The van der Waals surface area contributed by atoms with E-state index in [1.54, 1.807) is 0 Å². The molecule has 3 heteroatoms. The Morgan fingerprint density at radius 1 is 1.13 bits per heavy atom. The molecule has 84 valence electrons. The highest BCUT2D eigenvalue weighted by molar-refractivity contribution is 9.09. The van der Waals surface area contributed by atoms with Gasteiger partial charge in [-0.05, 0) is 31.1 Å². The number of alkyl halides is 1. The largest absolute Gasteiger partial charge is 0.341 e. The molecule has 0 aromatic rings. The first-order valence-corrected chi connectivity index (χ1v) is 7.12. The van der Waals surface area contributed by atoms with Crippen LogP contribution < -0.4 is 0 Å². The number of hydrogen-bond acceptors (Lipinski definition) is 1. The van der Waals surface area contributed by atoms with Gasteiger partial charge in [-0.3, -0.25) is 4.79 Å². The molecule has 0 radical (unpaired) electrons. The van der Waals surface area contributed by atoms with E-state index < -0.39 is 0 Å². The maximum Gasteiger partial charge on any atom is 0.226 e. The first kappa shape index (κ1) is 10.1. The first-order chi connectivity index (χ1) is 7.27. The number of carbonyl (C=O) groups is 1. The standard InChI is InChI=1S/C12H18BrNO/c13-8-5-6-14(7-8)12(15)11-9-3-1-2-4-10(9)11/h8-11H,1-7H2. The third-order valence-electron chi connectivity index (χ3n) is 4.38. The van der Waals surface area contributed by atoms with E-state index in [4.69, 9.17) is 0 Å². The van der Waals surface area contributed by atoms with Gasteiger partial charge in [0.25, 0.3) is 0 Å². The summed E-state index contributed by atoms with van der Waals surface area (Å²) in [6, 6.07) is 0. The van der Waals surface area contributed by atoms with Crippen LogP contribution in [-0.4, -0.2) is 28.7 Å². The zero-order valence-corrected chi connectivity index (χ0v) is 10.6. The van der Waals surface area contributed by atoms with Crippen LogP contribution in [-0.2, 0) is 4.79 Å². The molecule has 1 heterocycles. The summed E-state index contributed by atoms with van der Waals surface area (Å²) in [5.74, 6) is 2.42. The number of hydrogen-bond donors (Lipinski definition) is 0. The Kier molecular flexibility index (Phi) is 2.54. The second-order valence-electron chi connectivity index (χ2n) is 5.31. The van der Waals surface area contributed by atoms with Crippen LogP contribution in [0.1, 0.15) is 32.1 Å². The average molecular weight is 272 g/mol. The minimum Gasteiger partial charge on any atom is -0.341 e. The maximum atomic E-state index is 12.2. The summed E-state index contributed by atoms with van der Waals surface area (Å²) in [6.07, 6.45) is 6.46. The van der Waals surface area contributed by atoms with Crippen LogP contribution in [0, 0.1) is 17.8 Å². The Bertz CT molecular complexity index is 269. The highest BCUT2D eigenvalue weighted by Gasteiger charge is 2.56. The molecule has 0 spiro atoms. The molecular weight excluding hydrogens is 254 g/mol. The number of amides is 1. The smallest absolute Gasteiger partial charge is 0.226 e. The van der Waals surface area contributed by atoms with Crippen LogP contribution >= 0.6 is 15.9 Å². The molecule has 3 unspecified atom stereocenters. The average Bonchev–Trinajstić information content (AvgIpc) is 2.82. The van der Waals surface area contributed by atoms with E-state index in [9.17, 15) is 4.79 Å². The summed E-state index contributed by atoms with van der Waals surface area (Å²) in [4.78, 5) is 14.9.